The molecular formula is C11H14ClNO3. The molecule has 1 fully saturated rings. The lowest BCUT2D eigenvalue weighted by atomic mass is 10.1. The number of halogens is 1. The molecule has 1 aliphatic heterocycles. The smallest absolute Gasteiger partial charge is 0.335 e. The second-order valence-electron chi connectivity index (χ2n) is 3.49. The number of hydrogen-bond donors (Lipinski definition) is 2. The van der Waals surface area contributed by atoms with Crippen molar-refractivity contribution in [2.45, 2.75) is 6.10 Å². The second-order valence-corrected chi connectivity index (χ2v) is 3.49. The van der Waals surface area contributed by atoms with Crippen LogP contribution in [-0.4, -0.2) is 30.8 Å². The van der Waals surface area contributed by atoms with Gasteiger partial charge >= 0.3 is 5.97 Å². The van der Waals surface area contributed by atoms with Crippen molar-refractivity contribution in [1.82, 2.24) is 5.32 Å². The van der Waals surface area contributed by atoms with Gasteiger partial charge < -0.3 is 15.2 Å². The standard InChI is InChI=1S/C11H13NO3.ClH/c13-11(14)9-3-1-2-8(6-9)10-7-12-4-5-15-10;/h1-3,6,10,12H,4-5,7H2,(H,13,14);1H/t10-;/m0./s1. The van der Waals surface area contributed by atoms with Crippen LogP contribution in [0.15, 0.2) is 24.3 Å². The number of aromatic carboxylic acids is 1. The highest BCUT2D eigenvalue weighted by Crippen LogP contribution is 2.19. The van der Waals surface area contributed by atoms with Gasteiger partial charge in [0.2, 0.25) is 0 Å². The van der Waals surface area contributed by atoms with E-state index in [1.54, 1.807) is 18.2 Å². The van der Waals surface area contributed by atoms with E-state index in [-0.39, 0.29) is 18.5 Å². The third-order valence-electron chi connectivity index (χ3n) is 2.43. The Hall–Kier alpha value is -1.10. The number of ether oxygens (including phenoxy) is 1. The van der Waals surface area contributed by atoms with Crippen LogP contribution in [0.4, 0.5) is 0 Å². The molecule has 1 saturated heterocycles. The molecule has 1 aromatic carbocycles. The Morgan fingerprint density at radius 3 is 2.94 bits per heavy atom. The highest BCUT2D eigenvalue weighted by atomic mass is 35.5. The van der Waals surface area contributed by atoms with Gasteiger partial charge in [-0.2, -0.15) is 0 Å². The summed E-state index contributed by atoms with van der Waals surface area (Å²) in [6.45, 7) is 2.26. The van der Waals surface area contributed by atoms with Gasteiger partial charge in [0, 0.05) is 13.1 Å². The van der Waals surface area contributed by atoms with Crippen molar-refractivity contribution in [3.63, 3.8) is 0 Å². The molecule has 0 unspecified atom stereocenters. The van der Waals surface area contributed by atoms with Gasteiger partial charge in [-0.3, -0.25) is 0 Å². The minimum absolute atomic E-state index is 0. The molecule has 0 aromatic heterocycles. The second kappa shape index (κ2) is 5.84. The Balaban J connectivity index is 0.00000128. The van der Waals surface area contributed by atoms with Crippen LogP contribution in [0, 0.1) is 0 Å². The summed E-state index contributed by atoms with van der Waals surface area (Å²) in [6.07, 6.45) is -0.0296. The SMILES string of the molecule is Cl.O=C(O)c1cccc([C@@H]2CNCCO2)c1. The van der Waals surface area contributed by atoms with Gasteiger partial charge in [0.1, 0.15) is 0 Å². The highest BCUT2D eigenvalue weighted by Gasteiger charge is 2.16. The fraction of sp³-hybridized carbons (Fsp3) is 0.364. The summed E-state index contributed by atoms with van der Waals surface area (Å²) in [5.74, 6) is -0.902. The van der Waals surface area contributed by atoms with Crippen LogP contribution in [0.5, 0.6) is 0 Å². The zero-order valence-electron chi connectivity index (χ0n) is 8.68. The van der Waals surface area contributed by atoms with Gasteiger partial charge in [-0.15, -0.1) is 12.4 Å². The van der Waals surface area contributed by atoms with Crippen LogP contribution in [0.25, 0.3) is 0 Å². The van der Waals surface area contributed by atoms with E-state index in [0.717, 1.165) is 18.7 Å². The van der Waals surface area contributed by atoms with Crippen LogP contribution in [-0.2, 0) is 4.74 Å². The lowest BCUT2D eigenvalue weighted by Crippen LogP contribution is -2.33. The summed E-state index contributed by atoms with van der Waals surface area (Å²) in [5.41, 5.74) is 1.23. The molecule has 1 aliphatic rings. The van der Waals surface area contributed by atoms with Crippen LogP contribution < -0.4 is 5.32 Å². The molecule has 5 heteroatoms. The number of carboxylic acids is 1. The fourth-order valence-corrected chi connectivity index (χ4v) is 1.65. The summed E-state index contributed by atoms with van der Waals surface area (Å²) in [6, 6.07) is 6.89. The van der Waals surface area contributed by atoms with Gasteiger partial charge in [-0.05, 0) is 17.7 Å². The first-order valence-electron chi connectivity index (χ1n) is 4.93. The lowest BCUT2D eigenvalue weighted by Gasteiger charge is -2.24. The molecule has 0 saturated carbocycles. The van der Waals surface area contributed by atoms with E-state index in [1.807, 2.05) is 6.07 Å². The molecule has 2 rings (SSSR count). The first kappa shape index (κ1) is 13.0. The van der Waals surface area contributed by atoms with Crippen molar-refractivity contribution in [3.8, 4) is 0 Å². The topological polar surface area (TPSA) is 58.6 Å². The third-order valence-corrected chi connectivity index (χ3v) is 2.43. The summed E-state index contributed by atoms with van der Waals surface area (Å²) in [7, 11) is 0. The van der Waals surface area contributed by atoms with Crippen molar-refractivity contribution >= 4 is 18.4 Å². The van der Waals surface area contributed by atoms with E-state index in [2.05, 4.69) is 5.32 Å². The van der Waals surface area contributed by atoms with Crippen LogP contribution in [0.3, 0.4) is 0 Å². The zero-order valence-corrected chi connectivity index (χ0v) is 9.50. The molecular weight excluding hydrogens is 230 g/mol. The van der Waals surface area contributed by atoms with Crippen molar-refractivity contribution in [2.24, 2.45) is 0 Å². The molecule has 0 bridgehead atoms. The van der Waals surface area contributed by atoms with Crippen LogP contribution in [0.2, 0.25) is 0 Å². The Bertz CT molecular complexity index is 364. The first-order valence-corrected chi connectivity index (χ1v) is 4.93. The first-order chi connectivity index (χ1) is 7.27. The number of benzene rings is 1. The van der Waals surface area contributed by atoms with Crippen molar-refractivity contribution < 1.29 is 14.6 Å². The fourth-order valence-electron chi connectivity index (χ4n) is 1.65. The van der Waals surface area contributed by atoms with E-state index in [4.69, 9.17) is 9.84 Å². The number of carbonyl (C=O) groups is 1. The van der Waals surface area contributed by atoms with Crippen LogP contribution >= 0.6 is 12.4 Å². The average Bonchev–Trinajstić information content (AvgIpc) is 2.30. The molecule has 2 N–H and O–H groups in total. The largest absolute Gasteiger partial charge is 0.478 e. The predicted molar refractivity (Wildman–Crippen MR) is 62.2 cm³/mol. The number of rotatable bonds is 2. The molecule has 0 aliphatic carbocycles. The van der Waals surface area contributed by atoms with Gasteiger partial charge in [0.05, 0.1) is 18.3 Å². The molecule has 4 nitrogen and oxygen atoms in total. The highest BCUT2D eigenvalue weighted by molar-refractivity contribution is 5.87. The van der Waals surface area contributed by atoms with E-state index < -0.39 is 5.97 Å². The Labute approximate surface area is 100 Å². The molecule has 1 aromatic rings. The van der Waals surface area contributed by atoms with E-state index in [1.165, 1.54) is 0 Å². The van der Waals surface area contributed by atoms with E-state index >= 15 is 0 Å². The quantitative estimate of drug-likeness (QED) is 0.826. The molecule has 16 heavy (non-hydrogen) atoms. The van der Waals surface area contributed by atoms with Crippen molar-refractivity contribution in [1.29, 1.82) is 0 Å². The number of nitrogens with one attached hydrogen (secondary N) is 1. The maximum Gasteiger partial charge on any atom is 0.335 e. The Morgan fingerprint density at radius 2 is 2.31 bits per heavy atom. The maximum atomic E-state index is 10.8. The summed E-state index contributed by atoms with van der Waals surface area (Å²) < 4.78 is 5.54. The maximum absolute atomic E-state index is 10.8. The van der Waals surface area contributed by atoms with Gasteiger partial charge in [0.15, 0.2) is 0 Å². The normalized spacial score (nSPS) is 19.9. The average molecular weight is 244 g/mol. The molecule has 88 valence electrons. The van der Waals surface area contributed by atoms with Crippen molar-refractivity contribution in [2.75, 3.05) is 19.7 Å². The molecule has 0 amide bonds. The monoisotopic (exact) mass is 243 g/mol. The number of carboxylic acid groups (broad SMARTS) is 1. The molecule has 1 atom stereocenters. The van der Waals surface area contributed by atoms with Crippen molar-refractivity contribution in [3.05, 3.63) is 35.4 Å². The molecule has 1 heterocycles. The van der Waals surface area contributed by atoms with Crippen LogP contribution in [0.1, 0.15) is 22.0 Å². The van der Waals surface area contributed by atoms with Gasteiger partial charge in [-0.1, -0.05) is 12.1 Å². The summed E-state index contributed by atoms with van der Waals surface area (Å²) in [5, 5.41) is 12.1. The van der Waals surface area contributed by atoms with Gasteiger partial charge in [-0.25, -0.2) is 4.79 Å². The number of morpholine rings is 1. The third kappa shape index (κ3) is 2.95. The predicted octanol–water partition coefficient (Wildman–Crippen LogP) is 1.47. The zero-order chi connectivity index (χ0) is 10.7. The lowest BCUT2D eigenvalue weighted by molar-refractivity contribution is 0.0276. The van der Waals surface area contributed by atoms with Gasteiger partial charge in [0.25, 0.3) is 0 Å². The summed E-state index contributed by atoms with van der Waals surface area (Å²) in [4.78, 5) is 10.8. The number of hydrogen-bond acceptors (Lipinski definition) is 3. The van der Waals surface area contributed by atoms with E-state index in [0.29, 0.717) is 12.2 Å². The molecule has 0 spiro atoms. The Morgan fingerprint density at radius 1 is 1.50 bits per heavy atom. The molecule has 0 radical (unpaired) electrons. The minimum Gasteiger partial charge on any atom is -0.478 e. The summed E-state index contributed by atoms with van der Waals surface area (Å²) >= 11 is 0. The Kier molecular flexibility index (Phi) is 4.73. The minimum atomic E-state index is -0.902. The van der Waals surface area contributed by atoms with E-state index in [9.17, 15) is 4.79 Å².